The molecule has 2 N–H and O–H groups in total. The molecule has 0 radical (unpaired) electrons. The zero-order valence-corrected chi connectivity index (χ0v) is 12.0. The predicted octanol–water partition coefficient (Wildman–Crippen LogP) is 3.36. The van der Waals surface area contributed by atoms with Crippen LogP contribution in [0.2, 0.25) is 5.02 Å². The standard InChI is InChI=1S/C14H19ClN2O2/c1-10(2)9-19-7-6-16-14(18)17-12-5-4-11(3)13(15)8-12/h4-5,8H,1,6-7,9H2,2-3H3,(H2,16,17,18). The van der Waals surface area contributed by atoms with E-state index in [0.29, 0.717) is 30.5 Å². The lowest BCUT2D eigenvalue weighted by molar-refractivity contribution is 0.159. The van der Waals surface area contributed by atoms with Crippen LogP contribution in [-0.4, -0.2) is 25.8 Å². The maximum atomic E-state index is 11.6. The number of halogens is 1. The van der Waals surface area contributed by atoms with Gasteiger partial charge >= 0.3 is 6.03 Å². The van der Waals surface area contributed by atoms with Gasteiger partial charge in [0.25, 0.3) is 0 Å². The molecule has 1 rings (SSSR count). The minimum atomic E-state index is -0.279. The molecule has 0 aliphatic carbocycles. The van der Waals surface area contributed by atoms with Gasteiger partial charge in [-0.1, -0.05) is 29.8 Å². The van der Waals surface area contributed by atoms with Crippen molar-refractivity contribution in [3.63, 3.8) is 0 Å². The van der Waals surface area contributed by atoms with Gasteiger partial charge in [0.2, 0.25) is 0 Å². The average Bonchev–Trinajstić information content (AvgIpc) is 2.33. The summed E-state index contributed by atoms with van der Waals surface area (Å²) in [5.74, 6) is 0. The highest BCUT2D eigenvalue weighted by Crippen LogP contribution is 2.19. The number of anilines is 1. The molecular weight excluding hydrogens is 264 g/mol. The molecule has 0 fully saturated rings. The van der Waals surface area contributed by atoms with Crippen LogP contribution in [0.4, 0.5) is 10.5 Å². The summed E-state index contributed by atoms with van der Waals surface area (Å²) in [7, 11) is 0. The van der Waals surface area contributed by atoms with Crippen molar-refractivity contribution in [2.24, 2.45) is 0 Å². The molecule has 0 saturated heterocycles. The topological polar surface area (TPSA) is 50.4 Å². The second-order valence-corrected chi connectivity index (χ2v) is 4.76. The molecule has 0 unspecified atom stereocenters. The van der Waals surface area contributed by atoms with Gasteiger partial charge in [-0.05, 0) is 31.5 Å². The summed E-state index contributed by atoms with van der Waals surface area (Å²) in [5, 5.41) is 6.02. The first-order valence-electron chi connectivity index (χ1n) is 6.02. The number of nitrogens with one attached hydrogen (secondary N) is 2. The minimum absolute atomic E-state index is 0.279. The van der Waals surface area contributed by atoms with E-state index < -0.39 is 0 Å². The van der Waals surface area contributed by atoms with Gasteiger partial charge in [-0.25, -0.2) is 4.79 Å². The minimum Gasteiger partial charge on any atom is -0.375 e. The molecule has 0 aliphatic rings. The molecule has 0 spiro atoms. The van der Waals surface area contributed by atoms with Crippen LogP contribution in [0.25, 0.3) is 0 Å². The second-order valence-electron chi connectivity index (χ2n) is 4.35. The van der Waals surface area contributed by atoms with Crippen LogP contribution >= 0.6 is 11.6 Å². The van der Waals surface area contributed by atoms with Gasteiger partial charge < -0.3 is 15.4 Å². The molecule has 2 amide bonds. The quantitative estimate of drug-likeness (QED) is 0.621. The van der Waals surface area contributed by atoms with Crippen molar-refractivity contribution in [2.75, 3.05) is 25.1 Å². The van der Waals surface area contributed by atoms with E-state index in [2.05, 4.69) is 17.2 Å². The molecule has 4 nitrogen and oxygen atoms in total. The average molecular weight is 283 g/mol. The van der Waals surface area contributed by atoms with E-state index in [9.17, 15) is 4.79 Å². The van der Waals surface area contributed by atoms with Gasteiger partial charge in [0.05, 0.1) is 13.2 Å². The van der Waals surface area contributed by atoms with Gasteiger partial charge in [0.1, 0.15) is 0 Å². The van der Waals surface area contributed by atoms with Crippen molar-refractivity contribution >= 4 is 23.3 Å². The first-order chi connectivity index (χ1) is 8.99. The number of urea groups is 1. The number of benzene rings is 1. The number of carbonyl (C=O) groups excluding carboxylic acids is 1. The maximum absolute atomic E-state index is 11.6. The molecule has 0 saturated carbocycles. The Morgan fingerprint density at radius 3 is 2.84 bits per heavy atom. The summed E-state index contributed by atoms with van der Waals surface area (Å²) < 4.78 is 5.27. The summed E-state index contributed by atoms with van der Waals surface area (Å²) >= 11 is 5.97. The molecule has 19 heavy (non-hydrogen) atoms. The molecule has 104 valence electrons. The van der Waals surface area contributed by atoms with E-state index in [-0.39, 0.29) is 6.03 Å². The molecule has 0 aliphatic heterocycles. The Morgan fingerprint density at radius 1 is 1.47 bits per heavy atom. The Hall–Kier alpha value is -1.52. The SMILES string of the molecule is C=C(C)COCCNC(=O)Nc1ccc(C)c(Cl)c1. The number of amides is 2. The number of carbonyl (C=O) groups is 1. The molecule has 0 atom stereocenters. The zero-order valence-electron chi connectivity index (χ0n) is 11.3. The van der Waals surface area contributed by atoms with Crippen molar-refractivity contribution in [1.82, 2.24) is 5.32 Å². The molecule has 1 aromatic rings. The van der Waals surface area contributed by atoms with Gasteiger partial charge in [0.15, 0.2) is 0 Å². The number of hydrogen-bond acceptors (Lipinski definition) is 2. The Morgan fingerprint density at radius 2 is 2.21 bits per heavy atom. The molecule has 0 bridgehead atoms. The van der Waals surface area contributed by atoms with Crippen LogP contribution < -0.4 is 10.6 Å². The monoisotopic (exact) mass is 282 g/mol. The Bertz CT molecular complexity index is 461. The summed E-state index contributed by atoms with van der Waals surface area (Å²) in [5.41, 5.74) is 2.59. The summed E-state index contributed by atoms with van der Waals surface area (Å²) in [6.07, 6.45) is 0. The molecule has 0 heterocycles. The lowest BCUT2D eigenvalue weighted by Crippen LogP contribution is -2.31. The lowest BCUT2D eigenvalue weighted by Gasteiger charge is -2.09. The third-order valence-electron chi connectivity index (χ3n) is 2.31. The Kier molecular flexibility index (Phi) is 6.39. The zero-order chi connectivity index (χ0) is 14.3. The third kappa shape index (κ3) is 6.27. The summed E-state index contributed by atoms with van der Waals surface area (Å²) in [6.45, 7) is 8.93. The van der Waals surface area contributed by atoms with Crippen molar-refractivity contribution in [1.29, 1.82) is 0 Å². The van der Waals surface area contributed by atoms with E-state index in [0.717, 1.165) is 11.1 Å². The van der Waals surface area contributed by atoms with Crippen molar-refractivity contribution in [3.05, 3.63) is 40.9 Å². The van der Waals surface area contributed by atoms with E-state index in [1.807, 2.05) is 19.9 Å². The van der Waals surface area contributed by atoms with Crippen molar-refractivity contribution < 1.29 is 9.53 Å². The van der Waals surface area contributed by atoms with E-state index in [1.54, 1.807) is 12.1 Å². The molecule has 0 aromatic heterocycles. The van der Waals surface area contributed by atoms with Crippen LogP contribution in [0.3, 0.4) is 0 Å². The number of aryl methyl sites for hydroxylation is 1. The van der Waals surface area contributed by atoms with Gasteiger partial charge in [-0.3, -0.25) is 0 Å². The lowest BCUT2D eigenvalue weighted by atomic mass is 10.2. The maximum Gasteiger partial charge on any atom is 0.319 e. The number of rotatable bonds is 6. The second kappa shape index (κ2) is 7.81. The Balaban J connectivity index is 2.27. The van der Waals surface area contributed by atoms with Crippen LogP contribution in [0.1, 0.15) is 12.5 Å². The highest BCUT2D eigenvalue weighted by Gasteiger charge is 2.02. The first kappa shape index (κ1) is 15.5. The van der Waals surface area contributed by atoms with E-state index in [1.165, 1.54) is 0 Å². The first-order valence-corrected chi connectivity index (χ1v) is 6.40. The smallest absolute Gasteiger partial charge is 0.319 e. The normalized spacial score (nSPS) is 10.1. The highest BCUT2D eigenvalue weighted by atomic mass is 35.5. The van der Waals surface area contributed by atoms with Crippen LogP contribution in [0.15, 0.2) is 30.4 Å². The van der Waals surface area contributed by atoms with Gasteiger partial charge in [-0.15, -0.1) is 0 Å². The van der Waals surface area contributed by atoms with Crippen LogP contribution in [0, 0.1) is 6.92 Å². The van der Waals surface area contributed by atoms with Crippen molar-refractivity contribution in [3.8, 4) is 0 Å². The Labute approximate surface area is 118 Å². The number of ether oxygens (including phenoxy) is 1. The van der Waals surface area contributed by atoms with Gasteiger partial charge in [0, 0.05) is 17.3 Å². The fourth-order valence-corrected chi connectivity index (χ4v) is 1.51. The molecular formula is C14H19ClN2O2. The fourth-order valence-electron chi connectivity index (χ4n) is 1.33. The number of hydrogen-bond donors (Lipinski definition) is 2. The van der Waals surface area contributed by atoms with Gasteiger partial charge in [-0.2, -0.15) is 0 Å². The third-order valence-corrected chi connectivity index (χ3v) is 2.72. The largest absolute Gasteiger partial charge is 0.375 e. The summed E-state index contributed by atoms with van der Waals surface area (Å²) in [4.78, 5) is 11.6. The fraction of sp³-hybridized carbons (Fsp3) is 0.357. The van der Waals surface area contributed by atoms with Crippen LogP contribution in [0.5, 0.6) is 0 Å². The van der Waals surface area contributed by atoms with E-state index in [4.69, 9.17) is 16.3 Å². The molecule has 1 aromatic carbocycles. The van der Waals surface area contributed by atoms with E-state index >= 15 is 0 Å². The predicted molar refractivity (Wildman–Crippen MR) is 78.8 cm³/mol. The van der Waals surface area contributed by atoms with Crippen molar-refractivity contribution in [2.45, 2.75) is 13.8 Å². The molecule has 5 heteroatoms. The summed E-state index contributed by atoms with van der Waals surface area (Å²) in [6, 6.07) is 5.10. The highest BCUT2D eigenvalue weighted by molar-refractivity contribution is 6.31. The van der Waals surface area contributed by atoms with Crippen LogP contribution in [-0.2, 0) is 4.74 Å².